The summed E-state index contributed by atoms with van der Waals surface area (Å²) in [5.41, 5.74) is 1.45. The normalized spacial score (nSPS) is 14.5. The third-order valence-electron chi connectivity index (χ3n) is 3.83. The van der Waals surface area contributed by atoms with Crippen molar-refractivity contribution in [3.8, 4) is 28.7 Å². The zero-order chi connectivity index (χ0) is 16.4. The number of ether oxygens (including phenoxy) is 1. The standard InChI is InChI=1S/C16H18N6O2/c1-2-7-23-13-5-3-11(4-6-13)15-19-16(24-21-15)14-10-18-22(20-14)12-8-17-9-12/h3-6,10,12,17H,2,7-9H2,1H3. The molecule has 0 saturated carbocycles. The second kappa shape index (κ2) is 6.40. The molecule has 1 aliphatic heterocycles. The third-order valence-corrected chi connectivity index (χ3v) is 3.83. The molecule has 1 N–H and O–H groups in total. The van der Waals surface area contributed by atoms with Crippen LogP contribution in [-0.2, 0) is 0 Å². The number of nitrogens with one attached hydrogen (secondary N) is 1. The summed E-state index contributed by atoms with van der Waals surface area (Å²) in [6.07, 6.45) is 2.63. The Balaban J connectivity index is 1.50. The van der Waals surface area contributed by atoms with E-state index in [1.54, 1.807) is 11.0 Å². The van der Waals surface area contributed by atoms with Crippen LogP contribution in [0.5, 0.6) is 5.75 Å². The van der Waals surface area contributed by atoms with E-state index in [2.05, 4.69) is 32.6 Å². The summed E-state index contributed by atoms with van der Waals surface area (Å²) in [6, 6.07) is 7.94. The predicted octanol–water partition coefficient (Wildman–Crippen LogP) is 1.93. The van der Waals surface area contributed by atoms with E-state index < -0.39 is 0 Å². The van der Waals surface area contributed by atoms with Crippen molar-refractivity contribution in [3.05, 3.63) is 30.5 Å². The van der Waals surface area contributed by atoms with Crippen molar-refractivity contribution in [2.75, 3.05) is 19.7 Å². The molecular weight excluding hydrogens is 308 g/mol. The van der Waals surface area contributed by atoms with E-state index in [0.717, 1.165) is 30.8 Å². The summed E-state index contributed by atoms with van der Waals surface area (Å²) in [5, 5.41) is 15.9. The van der Waals surface area contributed by atoms with Crippen LogP contribution in [0.15, 0.2) is 35.0 Å². The van der Waals surface area contributed by atoms with E-state index in [1.165, 1.54) is 0 Å². The second-order valence-corrected chi connectivity index (χ2v) is 5.66. The van der Waals surface area contributed by atoms with E-state index in [0.29, 0.717) is 30.1 Å². The Morgan fingerprint density at radius 2 is 2.12 bits per heavy atom. The fourth-order valence-corrected chi connectivity index (χ4v) is 2.35. The largest absolute Gasteiger partial charge is 0.494 e. The molecule has 0 bridgehead atoms. The van der Waals surface area contributed by atoms with E-state index in [1.807, 2.05) is 24.3 Å². The van der Waals surface area contributed by atoms with Crippen LogP contribution in [0.3, 0.4) is 0 Å². The molecule has 1 saturated heterocycles. The highest BCUT2D eigenvalue weighted by Crippen LogP contribution is 2.23. The summed E-state index contributed by atoms with van der Waals surface area (Å²) < 4.78 is 10.9. The number of rotatable bonds is 6. The van der Waals surface area contributed by atoms with Gasteiger partial charge in [0, 0.05) is 18.7 Å². The van der Waals surface area contributed by atoms with Crippen LogP contribution in [0.2, 0.25) is 0 Å². The van der Waals surface area contributed by atoms with Crippen LogP contribution in [0, 0.1) is 0 Å². The Kier molecular flexibility index (Phi) is 3.96. The highest BCUT2D eigenvalue weighted by Gasteiger charge is 2.22. The van der Waals surface area contributed by atoms with Crippen molar-refractivity contribution >= 4 is 0 Å². The topological polar surface area (TPSA) is 90.9 Å². The predicted molar refractivity (Wildman–Crippen MR) is 86.4 cm³/mol. The molecule has 0 amide bonds. The summed E-state index contributed by atoms with van der Waals surface area (Å²) in [7, 11) is 0. The first-order chi connectivity index (χ1) is 11.8. The lowest BCUT2D eigenvalue weighted by Crippen LogP contribution is -2.44. The van der Waals surface area contributed by atoms with Gasteiger partial charge in [0.25, 0.3) is 5.89 Å². The molecule has 0 spiro atoms. The molecule has 24 heavy (non-hydrogen) atoms. The molecule has 0 radical (unpaired) electrons. The molecule has 0 aliphatic carbocycles. The first-order valence-corrected chi connectivity index (χ1v) is 8.03. The smallest absolute Gasteiger partial charge is 0.280 e. The van der Waals surface area contributed by atoms with Gasteiger partial charge in [-0.3, -0.25) is 0 Å². The summed E-state index contributed by atoms with van der Waals surface area (Å²) in [4.78, 5) is 6.10. The molecule has 1 aliphatic rings. The fourth-order valence-electron chi connectivity index (χ4n) is 2.35. The van der Waals surface area contributed by atoms with E-state index >= 15 is 0 Å². The molecule has 3 heterocycles. The van der Waals surface area contributed by atoms with Crippen molar-refractivity contribution in [2.45, 2.75) is 19.4 Å². The zero-order valence-corrected chi connectivity index (χ0v) is 13.3. The van der Waals surface area contributed by atoms with E-state index in [4.69, 9.17) is 9.26 Å². The van der Waals surface area contributed by atoms with Crippen molar-refractivity contribution in [1.82, 2.24) is 30.5 Å². The van der Waals surface area contributed by atoms with Gasteiger partial charge in [0.1, 0.15) is 5.75 Å². The van der Waals surface area contributed by atoms with Crippen molar-refractivity contribution < 1.29 is 9.26 Å². The lowest BCUT2D eigenvalue weighted by molar-refractivity contribution is 0.289. The number of benzene rings is 1. The minimum Gasteiger partial charge on any atom is -0.494 e. The molecule has 1 fully saturated rings. The highest BCUT2D eigenvalue weighted by molar-refractivity contribution is 5.58. The number of hydrogen-bond donors (Lipinski definition) is 1. The molecular formula is C16H18N6O2. The van der Waals surface area contributed by atoms with E-state index in [9.17, 15) is 0 Å². The van der Waals surface area contributed by atoms with Gasteiger partial charge in [-0.25, -0.2) is 0 Å². The molecule has 8 nitrogen and oxygen atoms in total. The van der Waals surface area contributed by atoms with Gasteiger partial charge in [0.15, 0.2) is 5.69 Å². The Morgan fingerprint density at radius 3 is 2.83 bits per heavy atom. The van der Waals surface area contributed by atoms with Crippen LogP contribution >= 0.6 is 0 Å². The Morgan fingerprint density at radius 1 is 1.29 bits per heavy atom. The number of hydrogen-bond acceptors (Lipinski definition) is 7. The van der Waals surface area contributed by atoms with Gasteiger partial charge in [0.05, 0.1) is 18.8 Å². The molecule has 3 aromatic rings. The van der Waals surface area contributed by atoms with Gasteiger partial charge in [-0.15, -0.1) is 5.10 Å². The monoisotopic (exact) mass is 326 g/mol. The zero-order valence-electron chi connectivity index (χ0n) is 13.3. The Labute approximate surface area is 138 Å². The van der Waals surface area contributed by atoms with Crippen LogP contribution in [0.1, 0.15) is 19.4 Å². The third kappa shape index (κ3) is 2.88. The first kappa shape index (κ1) is 14.8. The quantitative estimate of drug-likeness (QED) is 0.740. The van der Waals surface area contributed by atoms with Crippen molar-refractivity contribution in [1.29, 1.82) is 0 Å². The average Bonchev–Trinajstić information content (AvgIpc) is 3.21. The minimum atomic E-state index is 0.303. The van der Waals surface area contributed by atoms with Crippen LogP contribution in [0.4, 0.5) is 0 Å². The number of nitrogens with zero attached hydrogens (tertiary/aromatic N) is 5. The van der Waals surface area contributed by atoms with Gasteiger partial charge >= 0.3 is 0 Å². The van der Waals surface area contributed by atoms with Crippen LogP contribution in [0.25, 0.3) is 23.0 Å². The average molecular weight is 326 g/mol. The fraction of sp³-hybridized carbons (Fsp3) is 0.375. The maximum Gasteiger partial charge on any atom is 0.280 e. The maximum absolute atomic E-state index is 5.57. The van der Waals surface area contributed by atoms with E-state index in [-0.39, 0.29) is 0 Å². The highest BCUT2D eigenvalue weighted by atomic mass is 16.5. The van der Waals surface area contributed by atoms with Crippen molar-refractivity contribution in [3.63, 3.8) is 0 Å². The Bertz CT molecular complexity index is 806. The molecule has 0 atom stereocenters. The summed E-state index contributed by atoms with van der Waals surface area (Å²) in [5.74, 6) is 1.73. The van der Waals surface area contributed by atoms with Crippen molar-refractivity contribution in [2.24, 2.45) is 0 Å². The molecule has 124 valence electrons. The molecule has 2 aromatic heterocycles. The Hall–Kier alpha value is -2.74. The number of aromatic nitrogens is 5. The molecule has 0 unspecified atom stereocenters. The summed E-state index contributed by atoms with van der Waals surface area (Å²) >= 11 is 0. The molecule has 8 heteroatoms. The van der Waals surface area contributed by atoms with Gasteiger partial charge in [0.2, 0.25) is 5.82 Å². The lowest BCUT2D eigenvalue weighted by atomic mass is 10.2. The lowest BCUT2D eigenvalue weighted by Gasteiger charge is -2.25. The van der Waals surface area contributed by atoms with Gasteiger partial charge in [-0.05, 0) is 30.7 Å². The SMILES string of the molecule is CCCOc1ccc(-c2noc(-c3cnn(C4CNC4)n3)n2)cc1. The first-order valence-electron chi connectivity index (χ1n) is 8.03. The maximum atomic E-state index is 5.57. The second-order valence-electron chi connectivity index (χ2n) is 5.66. The molecule has 1 aromatic carbocycles. The van der Waals surface area contributed by atoms with Crippen LogP contribution in [-0.4, -0.2) is 44.8 Å². The van der Waals surface area contributed by atoms with Gasteiger partial charge in [-0.1, -0.05) is 12.1 Å². The molecule has 4 rings (SSSR count). The van der Waals surface area contributed by atoms with Crippen LogP contribution < -0.4 is 10.1 Å². The summed E-state index contributed by atoms with van der Waals surface area (Å²) in [6.45, 7) is 4.55. The van der Waals surface area contributed by atoms with Gasteiger partial charge < -0.3 is 14.6 Å². The van der Waals surface area contributed by atoms with Gasteiger partial charge in [-0.2, -0.15) is 14.9 Å². The minimum absolute atomic E-state index is 0.303.